The van der Waals surface area contributed by atoms with Crippen LogP contribution in [-0.2, 0) is 11.4 Å². The van der Waals surface area contributed by atoms with Crippen LogP contribution in [0.5, 0.6) is 0 Å². The van der Waals surface area contributed by atoms with Gasteiger partial charge in [-0.05, 0) is 25.0 Å². The molecule has 1 aliphatic heterocycles. The zero-order valence-corrected chi connectivity index (χ0v) is 13.4. The Hall–Kier alpha value is -2.28. The number of hydrogen-bond acceptors (Lipinski definition) is 4. The third kappa shape index (κ3) is 2.49. The van der Waals surface area contributed by atoms with Gasteiger partial charge in [0.25, 0.3) is 5.56 Å². The third-order valence-corrected chi connectivity index (χ3v) is 5.08. The fourth-order valence-electron chi connectivity index (χ4n) is 3.91. The molecule has 1 unspecified atom stereocenters. The molecule has 3 N–H and O–H groups in total. The van der Waals surface area contributed by atoms with E-state index in [0.717, 1.165) is 25.7 Å². The maximum Gasteiger partial charge on any atom is 0.270 e. The van der Waals surface area contributed by atoms with Crippen molar-refractivity contribution >= 4 is 11.7 Å². The predicted molar refractivity (Wildman–Crippen MR) is 86.9 cm³/mol. The van der Waals surface area contributed by atoms with Crippen LogP contribution >= 0.6 is 0 Å². The lowest BCUT2D eigenvalue weighted by Gasteiger charge is -2.27. The average molecular weight is 331 g/mol. The quantitative estimate of drug-likeness (QED) is 0.803. The highest BCUT2D eigenvalue weighted by molar-refractivity contribution is 5.94. The van der Waals surface area contributed by atoms with Crippen molar-refractivity contribution in [3.63, 3.8) is 0 Å². The second-order valence-corrected chi connectivity index (χ2v) is 6.63. The van der Waals surface area contributed by atoms with Crippen molar-refractivity contribution in [2.45, 2.75) is 57.1 Å². The summed E-state index contributed by atoms with van der Waals surface area (Å²) in [6, 6.07) is 3.63. The molecular weight excluding hydrogens is 310 g/mol. The van der Waals surface area contributed by atoms with Gasteiger partial charge in [-0.15, -0.1) is 0 Å². The van der Waals surface area contributed by atoms with Gasteiger partial charge in [0.1, 0.15) is 23.9 Å². The summed E-state index contributed by atoms with van der Waals surface area (Å²) in [5.41, 5.74) is 0.376. The number of rotatable bonds is 3. The van der Waals surface area contributed by atoms with Gasteiger partial charge in [-0.1, -0.05) is 19.3 Å². The molecule has 24 heavy (non-hydrogen) atoms. The summed E-state index contributed by atoms with van der Waals surface area (Å²) < 4.78 is 7.44. The highest BCUT2D eigenvalue weighted by atomic mass is 16.4. The van der Waals surface area contributed by atoms with E-state index in [0.29, 0.717) is 22.9 Å². The second-order valence-electron chi connectivity index (χ2n) is 6.63. The van der Waals surface area contributed by atoms with Gasteiger partial charge in [0.15, 0.2) is 0 Å². The van der Waals surface area contributed by atoms with Gasteiger partial charge in [-0.3, -0.25) is 19.4 Å². The van der Waals surface area contributed by atoms with Crippen molar-refractivity contribution in [2.24, 2.45) is 0 Å². The number of aromatic nitrogens is 2. The molecule has 7 heteroatoms. The number of carbonyl (C=O) groups excluding carboxylic acids is 1. The number of carbonyl (C=O) groups is 1. The largest absolute Gasteiger partial charge is 0.463 e. The molecule has 0 aromatic carbocycles. The molecule has 1 atom stereocenters. The maximum atomic E-state index is 12.6. The van der Waals surface area contributed by atoms with Crippen LogP contribution in [0.3, 0.4) is 0 Å². The smallest absolute Gasteiger partial charge is 0.270 e. The van der Waals surface area contributed by atoms with Crippen LogP contribution < -0.4 is 10.9 Å². The van der Waals surface area contributed by atoms with Gasteiger partial charge in [0.05, 0.1) is 17.5 Å². The van der Waals surface area contributed by atoms with Crippen LogP contribution in [-0.4, -0.2) is 20.8 Å². The van der Waals surface area contributed by atoms with E-state index in [1.54, 1.807) is 12.1 Å². The number of fused-ring (bicyclic) bond motifs is 1. The van der Waals surface area contributed by atoms with E-state index < -0.39 is 5.92 Å². The molecule has 1 saturated carbocycles. The summed E-state index contributed by atoms with van der Waals surface area (Å²) in [6.45, 7) is -0.203. The summed E-state index contributed by atoms with van der Waals surface area (Å²) >= 11 is 0. The second kappa shape index (κ2) is 5.98. The number of nitrogens with one attached hydrogen (secondary N) is 2. The normalized spacial score (nSPS) is 21.5. The fraction of sp³-hybridized carbons (Fsp3) is 0.529. The Kier molecular flexibility index (Phi) is 3.80. The van der Waals surface area contributed by atoms with E-state index >= 15 is 0 Å². The van der Waals surface area contributed by atoms with Crippen LogP contribution in [0, 0.1) is 0 Å². The first kappa shape index (κ1) is 15.3. The van der Waals surface area contributed by atoms with Gasteiger partial charge < -0.3 is 14.8 Å². The van der Waals surface area contributed by atoms with E-state index in [2.05, 4.69) is 10.4 Å². The summed E-state index contributed by atoms with van der Waals surface area (Å²) in [6.07, 6.45) is 5.67. The molecule has 1 aliphatic carbocycles. The summed E-state index contributed by atoms with van der Waals surface area (Å²) in [5, 5.41) is 15.0. The molecule has 3 heterocycles. The summed E-state index contributed by atoms with van der Waals surface area (Å²) in [5.74, 6) is 1.01. The Balaban J connectivity index is 1.77. The van der Waals surface area contributed by atoms with E-state index in [9.17, 15) is 14.7 Å². The first-order valence-corrected chi connectivity index (χ1v) is 8.51. The van der Waals surface area contributed by atoms with Gasteiger partial charge in [-0.2, -0.15) is 0 Å². The maximum absolute atomic E-state index is 12.6. The van der Waals surface area contributed by atoms with E-state index in [4.69, 9.17) is 4.42 Å². The van der Waals surface area contributed by atoms with Gasteiger partial charge in [0, 0.05) is 6.42 Å². The Morgan fingerprint density at radius 1 is 1.21 bits per heavy atom. The number of amides is 1. The molecule has 1 amide bonds. The number of furan rings is 1. The number of anilines is 1. The molecular formula is C17H21N3O4. The number of aliphatic hydroxyl groups excluding tert-OH is 1. The summed E-state index contributed by atoms with van der Waals surface area (Å²) in [7, 11) is 0. The molecule has 0 spiro atoms. The highest BCUT2D eigenvalue weighted by Gasteiger charge is 2.35. The van der Waals surface area contributed by atoms with Crippen LogP contribution in [0.15, 0.2) is 21.3 Å². The fourth-order valence-corrected chi connectivity index (χ4v) is 3.91. The lowest BCUT2D eigenvalue weighted by atomic mass is 9.91. The first-order valence-electron chi connectivity index (χ1n) is 8.51. The Labute approximate surface area is 138 Å². The molecule has 0 bridgehead atoms. The molecule has 0 saturated heterocycles. The highest BCUT2D eigenvalue weighted by Crippen LogP contribution is 2.38. The molecule has 2 aliphatic rings. The van der Waals surface area contributed by atoms with Crippen LogP contribution in [0.4, 0.5) is 5.82 Å². The minimum absolute atomic E-state index is 0.127. The molecule has 128 valence electrons. The van der Waals surface area contributed by atoms with Gasteiger partial charge in [-0.25, -0.2) is 0 Å². The number of hydrogen-bond donors (Lipinski definition) is 3. The minimum Gasteiger partial charge on any atom is -0.463 e. The summed E-state index contributed by atoms with van der Waals surface area (Å²) in [4.78, 5) is 24.8. The number of nitrogens with zero attached hydrogens (tertiary/aromatic N) is 1. The van der Waals surface area contributed by atoms with Crippen LogP contribution in [0.1, 0.15) is 67.6 Å². The average Bonchev–Trinajstić information content (AvgIpc) is 3.20. The van der Waals surface area contributed by atoms with E-state index in [1.165, 1.54) is 6.42 Å². The number of H-pyrrole nitrogens is 1. The minimum atomic E-state index is -0.414. The third-order valence-electron chi connectivity index (χ3n) is 5.08. The van der Waals surface area contributed by atoms with Gasteiger partial charge >= 0.3 is 0 Å². The molecule has 7 nitrogen and oxygen atoms in total. The lowest BCUT2D eigenvalue weighted by molar-refractivity contribution is -0.116. The van der Waals surface area contributed by atoms with E-state index in [-0.39, 0.29) is 30.5 Å². The van der Waals surface area contributed by atoms with Crippen molar-refractivity contribution in [2.75, 3.05) is 5.32 Å². The zero-order chi connectivity index (χ0) is 16.7. The number of aromatic amines is 1. The SMILES string of the molecule is O=C1CC(c2ccc(CO)o2)c2c(n(C3CCCCC3)[nH]c2=O)N1. The van der Waals surface area contributed by atoms with Gasteiger partial charge in [0.2, 0.25) is 5.91 Å². The van der Waals surface area contributed by atoms with Crippen LogP contribution in [0.25, 0.3) is 0 Å². The van der Waals surface area contributed by atoms with Crippen molar-refractivity contribution in [3.8, 4) is 0 Å². The number of aliphatic hydroxyl groups is 1. The molecule has 0 radical (unpaired) electrons. The Bertz CT molecular complexity index is 810. The monoisotopic (exact) mass is 331 g/mol. The topological polar surface area (TPSA) is 100 Å². The molecule has 2 aromatic rings. The molecule has 1 fully saturated rings. The van der Waals surface area contributed by atoms with Crippen molar-refractivity contribution in [3.05, 3.63) is 39.6 Å². The Morgan fingerprint density at radius 3 is 2.71 bits per heavy atom. The van der Waals surface area contributed by atoms with Crippen molar-refractivity contribution in [1.82, 2.24) is 9.78 Å². The van der Waals surface area contributed by atoms with Crippen molar-refractivity contribution in [1.29, 1.82) is 0 Å². The van der Waals surface area contributed by atoms with E-state index in [1.807, 2.05) is 4.68 Å². The Morgan fingerprint density at radius 2 is 2.00 bits per heavy atom. The predicted octanol–water partition coefficient (Wildman–Crippen LogP) is 2.24. The zero-order valence-electron chi connectivity index (χ0n) is 13.4. The molecule has 2 aromatic heterocycles. The standard InChI is InChI=1S/C17H21N3O4/c21-9-11-6-7-13(24-11)12-8-14(22)18-16-15(12)17(23)19-20(16)10-4-2-1-3-5-10/h6-7,10,12,21H,1-5,8-9H2,(H,18,22)(H,19,23). The lowest BCUT2D eigenvalue weighted by Crippen LogP contribution is -2.27. The first-order chi connectivity index (χ1) is 11.7. The molecule has 4 rings (SSSR count). The van der Waals surface area contributed by atoms with Crippen molar-refractivity contribution < 1.29 is 14.3 Å². The van der Waals surface area contributed by atoms with Crippen LogP contribution in [0.2, 0.25) is 0 Å².